The van der Waals surface area contributed by atoms with Crippen molar-refractivity contribution in [3.63, 3.8) is 0 Å². The van der Waals surface area contributed by atoms with Crippen LogP contribution in [0.5, 0.6) is 0 Å². The molecule has 5 heteroatoms. The number of aromatic amines is 1. The van der Waals surface area contributed by atoms with Crippen LogP contribution in [-0.4, -0.2) is 9.97 Å². The molecule has 0 saturated carbocycles. The number of hydrogen-bond donors (Lipinski definition) is 2. The van der Waals surface area contributed by atoms with E-state index in [1.165, 1.54) is 31.2 Å². The number of benzene rings is 2. The van der Waals surface area contributed by atoms with Crippen LogP contribution in [-0.2, 0) is 6.54 Å². The molecule has 3 rings (SSSR count). The molecule has 148 valence electrons. The predicted molar refractivity (Wildman–Crippen MR) is 119 cm³/mol. The van der Waals surface area contributed by atoms with Crippen molar-refractivity contribution in [3.05, 3.63) is 76.2 Å². The van der Waals surface area contributed by atoms with Crippen LogP contribution in [0.15, 0.2) is 54.7 Å². The average molecular weight is 416 g/mol. The van der Waals surface area contributed by atoms with Gasteiger partial charge < -0.3 is 10.3 Å². The minimum atomic E-state index is 0.189. The summed E-state index contributed by atoms with van der Waals surface area (Å²) in [6, 6.07) is 16.3. The van der Waals surface area contributed by atoms with Crippen molar-refractivity contribution >= 4 is 23.2 Å². The third-order valence-electron chi connectivity index (χ3n) is 4.88. The molecule has 1 atom stereocenters. The number of hydrogen-bond acceptors (Lipinski definition) is 2. The number of aromatic nitrogens is 2. The molecule has 0 spiro atoms. The van der Waals surface area contributed by atoms with Crippen molar-refractivity contribution < 1.29 is 0 Å². The molecule has 0 bridgehead atoms. The molecule has 0 radical (unpaired) electrons. The number of halogens is 2. The number of unbranched alkanes of at least 4 members (excludes halogenated alkanes) is 3. The summed E-state index contributed by atoms with van der Waals surface area (Å²) in [5.41, 5.74) is 3.12. The fourth-order valence-electron chi connectivity index (χ4n) is 3.27. The Hall–Kier alpha value is -1.81. The summed E-state index contributed by atoms with van der Waals surface area (Å²) in [5, 5.41) is 4.77. The first kappa shape index (κ1) is 20.9. The van der Waals surface area contributed by atoms with Crippen molar-refractivity contribution in [3.8, 4) is 11.3 Å². The van der Waals surface area contributed by atoms with Gasteiger partial charge >= 0.3 is 0 Å². The first-order valence-corrected chi connectivity index (χ1v) is 10.7. The lowest BCUT2D eigenvalue weighted by Crippen LogP contribution is -2.22. The van der Waals surface area contributed by atoms with Crippen LogP contribution in [0.4, 0.5) is 0 Å². The molecule has 3 nitrogen and oxygen atoms in total. The van der Waals surface area contributed by atoms with Crippen LogP contribution in [0, 0.1) is 0 Å². The Kier molecular flexibility index (Phi) is 7.96. The maximum Gasteiger partial charge on any atom is 0.124 e. The van der Waals surface area contributed by atoms with Gasteiger partial charge in [0, 0.05) is 18.3 Å². The molecule has 0 saturated heterocycles. The lowest BCUT2D eigenvalue weighted by atomic mass is 10.1. The minimum absolute atomic E-state index is 0.189. The van der Waals surface area contributed by atoms with Crippen LogP contribution in [0.2, 0.25) is 10.0 Å². The van der Waals surface area contributed by atoms with E-state index in [-0.39, 0.29) is 6.04 Å². The van der Waals surface area contributed by atoms with Crippen molar-refractivity contribution in [2.75, 3.05) is 0 Å². The van der Waals surface area contributed by atoms with E-state index in [9.17, 15) is 0 Å². The monoisotopic (exact) mass is 415 g/mol. The molecule has 0 aliphatic heterocycles. The first-order chi connectivity index (χ1) is 13.7. The van der Waals surface area contributed by atoms with Gasteiger partial charge in [-0.05, 0) is 24.1 Å². The van der Waals surface area contributed by atoms with Gasteiger partial charge in [-0.25, -0.2) is 4.98 Å². The van der Waals surface area contributed by atoms with Crippen molar-refractivity contribution in [2.24, 2.45) is 0 Å². The van der Waals surface area contributed by atoms with Gasteiger partial charge in [-0.2, -0.15) is 0 Å². The summed E-state index contributed by atoms with van der Waals surface area (Å²) in [6.07, 6.45) is 7.95. The fraction of sp³-hybridized carbons (Fsp3) is 0.348. The zero-order valence-electron chi connectivity index (χ0n) is 16.2. The van der Waals surface area contributed by atoms with Gasteiger partial charge in [0.1, 0.15) is 5.82 Å². The molecule has 2 aromatic carbocycles. The van der Waals surface area contributed by atoms with Gasteiger partial charge in [0.15, 0.2) is 0 Å². The fourth-order valence-corrected chi connectivity index (χ4v) is 3.56. The van der Waals surface area contributed by atoms with E-state index in [1.54, 1.807) is 0 Å². The Morgan fingerprint density at radius 2 is 1.82 bits per heavy atom. The van der Waals surface area contributed by atoms with E-state index in [2.05, 4.69) is 41.5 Å². The average Bonchev–Trinajstić information content (AvgIpc) is 3.20. The molecule has 0 fully saturated rings. The maximum absolute atomic E-state index is 6.17. The smallest absolute Gasteiger partial charge is 0.124 e. The SMILES string of the molecule is CCCCCCC(NCc1ccccc1)c1nc(-c2ccc(Cl)c(Cl)c2)c[nH]1. The Labute approximate surface area is 177 Å². The second kappa shape index (κ2) is 10.7. The molecule has 0 aliphatic rings. The van der Waals surface area contributed by atoms with Gasteiger partial charge in [-0.3, -0.25) is 0 Å². The Morgan fingerprint density at radius 1 is 1.00 bits per heavy atom. The summed E-state index contributed by atoms with van der Waals surface area (Å²) < 4.78 is 0. The highest BCUT2D eigenvalue weighted by molar-refractivity contribution is 6.42. The molecule has 0 aliphatic carbocycles. The van der Waals surface area contributed by atoms with Crippen LogP contribution < -0.4 is 5.32 Å². The minimum Gasteiger partial charge on any atom is -0.347 e. The van der Waals surface area contributed by atoms with Gasteiger partial charge in [0.2, 0.25) is 0 Å². The van der Waals surface area contributed by atoms with Gasteiger partial charge in [-0.1, -0.05) is 92.2 Å². The van der Waals surface area contributed by atoms with E-state index < -0.39 is 0 Å². The summed E-state index contributed by atoms with van der Waals surface area (Å²) in [6.45, 7) is 3.06. The summed E-state index contributed by atoms with van der Waals surface area (Å²) >= 11 is 12.2. The van der Waals surface area contributed by atoms with Gasteiger partial charge in [-0.15, -0.1) is 0 Å². The van der Waals surface area contributed by atoms with Crippen molar-refractivity contribution in [1.82, 2.24) is 15.3 Å². The van der Waals surface area contributed by atoms with Crippen LogP contribution in [0.25, 0.3) is 11.3 Å². The Bertz CT molecular complexity index is 861. The number of H-pyrrole nitrogens is 1. The number of rotatable bonds is 10. The highest BCUT2D eigenvalue weighted by Gasteiger charge is 2.16. The zero-order valence-corrected chi connectivity index (χ0v) is 17.7. The topological polar surface area (TPSA) is 40.7 Å². The third kappa shape index (κ3) is 5.84. The van der Waals surface area contributed by atoms with Crippen molar-refractivity contribution in [1.29, 1.82) is 0 Å². The van der Waals surface area contributed by atoms with Crippen LogP contribution >= 0.6 is 23.2 Å². The summed E-state index contributed by atoms with van der Waals surface area (Å²) in [4.78, 5) is 8.21. The zero-order chi connectivity index (χ0) is 19.8. The number of nitrogens with one attached hydrogen (secondary N) is 2. The molecule has 1 aromatic heterocycles. The van der Waals surface area contributed by atoms with E-state index in [4.69, 9.17) is 28.2 Å². The highest BCUT2D eigenvalue weighted by Crippen LogP contribution is 2.29. The molecular weight excluding hydrogens is 389 g/mol. The van der Waals surface area contributed by atoms with Crippen molar-refractivity contribution in [2.45, 2.75) is 51.6 Å². The molecule has 0 amide bonds. The van der Waals surface area contributed by atoms with Gasteiger partial charge in [0.05, 0.1) is 21.8 Å². The number of nitrogens with zero attached hydrogens (tertiary/aromatic N) is 1. The normalized spacial score (nSPS) is 12.2. The van der Waals surface area contributed by atoms with E-state index in [1.807, 2.05) is 30.5 Å². The van der Waals surface area contributed by atoms with Gasteiger partial charge in [0.25, 0.3) is 0 Å². The third-order valence-corrected chi connectivity index (χ3v) is 5.62. The molecule has 3 aromatic rings. The van der Waals surface area contributed by atoms with E-state index in [0.717, 1.165) is 30.0 Å². The first-order valence-electron chi connectivity index (χ1n) is 9.95. The van der Waals surface area contributed by atoms with E-state index >= 15 is 0 Å². The quantitative estimate of drug-likeness (QED) is 0.344. The second-order valence-corrected chi connectivity index (χ2v) is 7.88. The standard InChI is InChI=1S/C23H27Cl2N3/c1-2-3-4-8-11-21(26-15-17-9-6-5-7-10-17)23-27-16-22(28-23)18-12-13-19(24)20(25)14-18/h5-7,9-10,12-14,16,21,26H,2-4,8,11,15H2,1H3,(H,27,28). The second-order valence-electron chi connectivity index (χ2n) is 7.07. The van der Waals surface area contributed by atoms with E-state index in [0.29, 0.717) is 10.0 Å². The molecule has 2 N–H and O–H groups in total. The highest BCUT2D eigenvalue weighted by atomic mass is 35.5. The molecular formula is C23H27Cl2N3. The molecule has 28 heavy (non-hydrogen) atoms. The Balaban J connectivity index is 1.72. The predicted octanol–water partition coefficient (Wildman–Crippen LogP) is 7.18. The summed E-state index contributed by atoms with van der Waals surface area (Å²) in [7, 11) is 0. The molecule has 1 heterocycles. The lowest BCUT2D eigenvalue weighted by molar-refractivity contribution is 0.453. The largest absolute Gasteiger partial charge is 0.347 e. The summed E-state index contributed by atoms with van der Waals surface area (Å²) in [5.74, 6) is 0.966. The lowest BCUT2D eigenvalue weighted by Gasteiger charge is -2.17. The van der Waals surface area contributed by atoms with Crippen LogP contribution in [0.1, 0.15) is 56.5 Å². The molecule has 1 unspecified atom stereocenters. The number of imidazole rings is 1. The van der Waals surface area contributed by atoms with Crippen LogP contribution in [0.3, 0.4) is 0 Å². The maximum atomic E-state index is 6.17. The Morgan fingerprint density at radius 3 is 2.57 bits per heavy atom.